The Bertz CT molecular complexity index is 974. The van der Waals surface area contributed by atoms with E-state index in [0.29, 0.717) is 12.0 Å². The Labute approximate surface area is 148 Å². The van der Waals surface area contributed by atoms with E-state index in [9.17, 15) is 10.4 Å². The second-order valence-corrected chi connectivity index (χ2v) is 7.73. The Hall–Kier alpha value is -2.86. The van der Waals surface area contributed by atoms with E-state index in [1.165, 1.54) is 5.56 Å². The summed E-state index contributed by atoms with van der Waals surface area (Å²) in [4.78, 5) is 4.74. The number of aromatic nitrogens is 1. The van der Waals surface area contributed by atoms with E-state index in [2.05, 4.69) is 26.8 Å². The van der Waals surface area contributed by atoms with Gasteiger partial charge in [0.05, 0.1) is 16.8 Å². The molecule has 1 aromatic heterocycles. The van der Waals surface area contributed by atoms with Crippen molar-refractivity contribution in [3.05, 3.63) is 59.3 Å². The summed E-state index contributed by atoms with van der Waals surface area (Å²) in [6, 6.07) is 15.6. The first-order chi connectivity index (χ1) is 11.8. The van der Waals surface area contributed by atoms with E-state index in [1.54, 1.807) is 12.1 Å². The summed E-state index contributed by atoms with van der Waals surface area (Å²) < 4.78 is 0. The summed E-state index contributed by atoms with van der Waals surface area (Å²) in [6.07, 6.45) is 0.714. The minimum Gasteiger partial charge on any atom is -0.508 e. The van der Waals surface area contributed by atoms with Crippen molar-refractivity contribution < 1.29 is 5.11 Å². The van der Waals surface area contributed by atoms with E-state index in [0.717, 1.165) is 27.7 Å². The van der Waals surface area contributed by atoms with Crippen LogP contribution in [0.25, 0.3) is 22.0 Å². The van der Waals surface area contributed by atoms with Crippen LogP contribution in [0.2, 0.25) is 0 Å². The Morgan fingerprint density at radius 1 is 1.08 bits per heavy atom. The number of pyridine rings is 1. The zero-order valence-electron chi connectivity index (χ0n) is 15.1. The highest BCUT2D eigenvalue weighted by atomic mass is 16.3. The van der Waals surface area contributed by atoms with Crippen molar-refractivity contribution in [1.29, 1.82) is 5.26 Å². The highest BCUT2D eigenvalue weighted by Gasteiger charge is 2.21. The van der Waals surface area contributed by atoms with E-state index < -0.39 is 0 Å². The minimum atomic E-state index is 0.0216. The van der Waals surface area contributed by atoms with Gasteiger partial charge in [0.15, 0.2) is 0 Å². The average Bonchev–Trinajstić information content (AvgIpc) is 2.53. The van der Waals surface area contributed by atoms with Crippen LogP contribution in [0.15, 0.2) is 42.5 Å². The first-order valence-electron chi connectivity index (χ1n) is 8.41. The van der Waals surface area contributed by atoms with Gasteiger partial charge in [-0.3, -0.25) is 4.98 Å². The number of aromatic hydroxyl groups is 1. The number of aryl methyl sites for hydroxylation is 1. The van der Waals surface area contributed by atoms with Crippen LogP contribution in [-0.4, -0.2) is 10.1 Å². The molecule has 3 heteroatoms. The molecule has 0 bridgehead atoms. The van der Waals surface area contributed by atoms with Crippen LogP contribution >= 0.6 is 0 Å². The van der Waals surface area contributed by atoms with Crippen molar-refractivity contribution in [1.82, 2.24) is 4.98 Å². The van der Waals surface area contributed by atoms with E-state index in [4.69, 9.17) is 4.98 Å². The molecule has 0 saturated carbocycles. The third-order valence-corrected chi connectivity index (χ3v) is 4.19. The lowest BCUT2D eigenvalue weighted by molar-refractivity contribution is 0.406. The monoisotopic (exact) mass is 330 g/mol. The summed E-state index contributed by atoms with van der Waals surface area (Å²) in [7, 11) is 0. The molecule has 3 rings (SSSR count). The van der Waals surface area contributed by atoms with Crippen LogP contribution in [-0.2, 0) is 6.42 Å². The van der Waals surface area contributed by atoms with Gasteiger partial charge in [0.2, 0.25) is 0 Å². The maximum atomic E-state index is 9.95. The van der Waals surface area contributed by atoms with Gasteiger partial charge in [0.1, 0.15) is 11.8 Å². The molecule has 0 saturated heterocycles. The number of benzene rings is 2. The Morgan fingerprint density at radius 3 is 2.36 bits per heavy atom. The van der Waals surface area contributed by atoms with Gasteiger partial charge in [0, 0.05) is 10.9 Å². The van der Waals surface area contributed by atoms with Crippen LogP contribution in [0.1, 0.15) is 37.6 Å². The van der Waals surface area contributed by atoms with Crippen LogP contribution < -0.4 is 0 Å². The molecule has 1 heterocycles. The number of hydrogen-bond acceptors (Lipinski definition) is 3. The maximum Gasteiger partial charge on any atom is 0.116 e. The fourth-order valence-corrected chi connectivity index (χ4v) is 3.07. The summed E-state index contributed by atoms with van der Waals surface area (Å²) >= 11 is 0. The van der Waals surface area contributed by atoms with Gasteiger partial charge < -0.3 is 5.11 Å². The molecule has 0 radical (unpaired) electrons. The summed E-state index contributed by atoms with van der Waals surface area (Å²) in [5.74, 6) is 0.176. The standard InChI is InChI=1S/C22H22N2O/c1-14-5-7-15(8-6-14)21-17-11-16(25)9-10-19(17)24-20(18(21)13-23)12-22(2,3)4/h5-11,25H,12H2,1-4H3. The lowest BCUT2D eigenvalue weighted by Crippen LogP contribution is -2.13. The Balaban J connectivity index is 2.39. The van der Waals surface area contributed by atoms with Crippen LogP contribution in [0.4, 0.5) is 0 Å². The van der Waals surface area contributed by atoms with E-state index in [-0.39, 0.29) is 11.2 Å². The minimum absolute atomic E-state index is 0.0216. The molecule has 1 N–H and O–H groups in total. The summed E-state index contributed by atoms with van der Waals surface area (Å²) in [5, 5.41) is 20.6. The first kappa shape index (κ1) is 17.0. The topological polar surface area (TPSA) is 56.9 Å². The largest absolute Gasteiger partial charge is 0.508 e. The lowest BCUT2D eigenvalue weighted by Gasteiger charge is -2.20. The molecule has 126 valence electrons. The highest BCUT2D eigenvalue weighted by molar-refractivity contribution is 5.98. The molecule has 25 heavy (non-hydrogen) atoms. The molecule has 0 amide bonds. The van der Waals surface area contributed by atoms with Crippen molar-refractivity contribution >= 4 is 10.9 Å². The van der Waals surface area contributed by atoms with Crippen LogP contribution in [0, 0.1) is 23.7 Å². The van der Waals surface area contributed by atoms with Gasteiger partial charge in [0.25, 0.3) is 0 Å². The molecule has 0 atom stereocenters. The molecule has 2 aromatic carbocycles. The predicted molar refractivity (Wildman–Crippen MR) is 101 cm³/mol. The van der Waals surface area contributed by atoms with Crippen LogP contribution in [0.5, 0.6) is 5.75 Å². The van der Waals surface area contributed by atoms with Gasteiger partial charge >= 0.3 is 0 Å². The molecule has 0 fully saturated rings. The van der Waals surface area contributed by atoms with Gasteiger partial charge in [-0.1, -0.05) is 50.6 Å². The second-order valence-electron chi connectivity index (χ2n) is 7.73. The van der Waals surface area contributed by atoms with E-state index >= 15 is 0 Å². The van der Waals surface area contributed by atoms with Gasteiger partial charge in [-0.15, -0.1) is 0 Å². The molecule has 3 nitrogen and oxygen atoms in total. The molecule has 0 aliphatic heterocycles. The first-order valence-corrected chi connectivity index (χ1v) is 8.41. The van der Waals surface area contributed by atoms with Gasteiger partial charge in [-0.2, -0.15) is 5.26 Å². The zero-order chi connectivity index (χ0) is 18.2. The maximum absolute atomic E-state index is 9.95. The average molecular weight is 330 g/mol. The smallest absolute Gasteiger partial charge is 0.116 e. The number of nitrogens with zero attached hydrogens (tertiary/aromatic N) is 2. The molecule has 0 unspecified atom stereocenters. The molecule has 3 aromatic rings. The van der Waals surface area contributed by atoms with Crippen molar-refractivity contribution in [2.45, 2.75) is 34.1 Å². The fraction of sp³-hybridized carbons (Fsp3) is 0.273. The zero-order valence-corrected chi connectivity index (χ0v) is 15.1. The SMILES string of the molecule is Cc1ccc(-c2c(C#N)c(CC(C)(C)C)nc3ccc(O)cc23)cc1. The summed E-state index contributed by atoms with van der Waals surface area (Å²) in [5.41, 5.74) is 5.21. The molecular weight excluding hydrogens is 308 g/mol. The third-order valence-electron chi connectivity index (χ3n) is 4.19. The number of phenolic OH excluding ortho intramolecular Hbond substituents is 1. The number of rotatable bonds is 2. The normalized spacial score (nSPS) is 11.5. The summed E-state index contributed by atoms with van der Waals surface area (Å²) in [6.45, 7) is 8.46. The molecular formula is C22H22N2O. The number of phenols is 1. The molecule has 0 spiro atoms. The van der Waals surface area contributed by atoms with Gasteiger partial charge in [-0.05, 0) is 42.5 Å². The number of hydrogen-bond donors (Lipinski definition) is 1. The second kappa shape index (κ2) is 6.22. The third kappa shape index (κ3) is 3.49. The van der Waals surface area contributed by atoms with E-state index in [1.807, 2.05) is 37.3 Å². The number of nitriles is 1. The highest BCUT2D eigenvalue weighted by Crippen LogP contribution is 2.36. The molecule has 0 aliphatic carbocycles. The van der Waals surface area contributed by atoms with Crippen LogP contribution in [0.3, 0.4) is 0 Å². The molecule has 0 aliphatic rings. The van der Waals surface area contributed by atoms with Crippen molar-refractivity contribution in [3.8, 4) is 22.9 Å². The van der Waals surface area contributed by atoms with Gasteiger partial charge in [-0.25, -0.2) is 0 Å². The number of fused-ring (bicyclic) bond motifs is 1. The van der Waals surface area contributed by atoms with Crippen molar-refractivity contribution in [2.75, 3.05) is 0 Å². The quantitative estimate of drug-likeness (QED) is 0.686. The van der Waals surface area contributed by atoms with Crippen molar-refractivity contribution in [3.63, 3.8) is 0 Å². The lowest BCUT2D eigenvalue weighted by atomic mass is 9.86. The predicted octanol–water partition coefficient (Wildman–Crippen LogP) is 5.38. The Kier molecular flexibility index (Phi) is 4.22. The Morgan fingerprint density at radius 2 is 1.76 bits per heavy atom. The van der Waals surface area contributed by atoms with Crippen molar-refractivity contribution in [2.24, 2.45) is 5.41 Å². The fourth-order valence-electron chi connectivity index (χ4n) is 3.07.